The van der Waals surface area contributed by atoms with Gasteiger partial charge in [-0.15, -0.1) is 10.2 Å². The van der Waals surface area contributed by atoms with Crippen molar-refractivity contribution < 1.29 is 14.5 Å². The normalized spacial score (nSPS) is 14.6. The van der Waals surface area contributed by atoms with Gasteiger partial charge in [-0.2, -0.15) is 0 Å². The first kappa shape index (κ1) is 32.1. The van der Waals surface area contributed by atoms with Gasteiger partial charge in [-0.3, -0.25) is 19.5 Å². The van der Waals surface area contributed by atoms with Gasteiger partial charge in [0.1, 0.15) is 0 Å². The highest BCUT2D eigenvalue weighted by molar-refractivity contribution is 7.99. The Labute approximate surface area is 281 Å². The Bertz CT molecular complexity index is 2240. The lowest BCUT2D eigenvalue weighted by molar-refractivity contribution is -0.384. The molecule has 0 aliphatic carbocycles. The van der Waals surface area contributed by atoms with Crippen LogP contribution in [-0.4, -0.2) is 36.8 Å². The van der Waals surface area contributed by atoms with Crippen LogP contribution in [0.15, 0.2) is 104 Å². The van der Waals surface area contributed by atoms with Gasteiger partial charge in [0, 0.05) is 34.2 Å². The zero-order valence-electron chi connectivity index (χ0n) is 25.4. The van der Waals surface area contributed by atoms with Crippen molar-refractivity contribution in [3.8, 4) is 11.4 Å². The van der Waals surface area contributed by atoms with E-state index in [0.717, 1.165) is 22.5 Å². The Morgan fingerprint density at radius 1 is 1.11 bits per heavy atom. The molecular weight excluding hydrogens is 660 g/mol. The van der Waals surface area contributed by atoms with Crippen molar-refractivity contribution in [1.82, 2.24) is 19.3 Å². The Morgan fingerprint density at radius 2 is 1.89 bits per heavy atom. The molecule has 0 spiro atoms. The number of benzene rings is 3. The van der Waals surface area contributed by atoms with E-state index in [1.54, 1.807) is 38.1 Å². The number of fused-ring (bicyclic) bond motifs is 1. The van der Waals surface area contributed by atoms with Crippen LogP contribution >= 0.6 is 34.7 Å². The van der Waals surface area contributed by atoms with E-state index >= 15 is 0 Å². The molecule has 0 saturated heterocycles. The summed E-state index contributed by atoms with van der Waals surface area (Å²) in [6, 6.07) is 20.2. The summed E-state index contributed by atoms with van der Waals surface area (Å²) in [7, 11) is 0. The summed E-state index contributed by atoms with van der Waals surface area (Å²) in [6.45, 7) is 6.13. The van der Waals surface area contributed by atoms with Crippen molar-refractivity contribution in [3.05, 3.63) is 130 Å². The average molecular weight is 687 g/mol. The number of carbonyl (C=O) groups is 1. The van der Waals surface area contributed by atoms with E-state index in [2.05, 4.69) is 15.2 Å². The van der Waals surface area contributed by atoms with Gasteiger partial charge >= 0.3 is 5.97 Å². The van der Waals surface area contributed by atoms with Gasteiger partial charge in [-0.25, -0.2) is 9.79 Å². The SMILES string of the molecule is CCOC(=O)C1=C(C)N=c2s/c(=C/c3cc([N+](=O)[O-])ccc3Sc3nnc(-c4cccc(Cl)c4)n3CC)c(=O)n2[C@H]1c1ccccc1. The molecular formula is C33H27ClN6O5S2. The number of ether oxygens (including phenoxy) is 1. The Balaban J connectivity index is 1.49. The van der Waals surface area contributed by atoms with E-state index in [9.17, 15) is 19.7 Å². The van der Waals surface area contributed by atoms with Crippen molar-refractivity contribution in [3.63, 3.8) is 0 Å². The minimum absolute atomic E-state index is 0.132. The molecule has 1 atom stereocenters. The fourth-order valence-electron chi connectivity index (χ4n) is 5.33. The zero-order valence-corrected chi connectivity index (χ0v) is 27.8. The quantitative estimate of drug-likeness (QED) is 0.108. The molecule has 3 aromatic carbocycles. The molecule has 0 fully saturated rings. The van der Waals surface area contributed by atoms with Gasteiger partial charge in [0.15, 0.2) is 15.8 Å². The van der Waals surface area contributed by atoms with Gasteiger partial charge in [0.2, 0.25) is 0 Å². The number of nitrogens with zero attached hydrogens (tertiary/aromatic N) is 6. The van der Waals surface area contributed by atoms with Crippen LogP contribution in [0.3, 0.4) is 0 Å². The van der Waals surface area contributed by atoms with Crippen LogP contribution in [0.2, 0.25) is 5.02 Å². The van der Waals surface area contributed by atoms with E-state index in [1.807, 2.05) is 54.0 Å². The minimum Gasteiger partial charge on any atom is -0.463 e. The maximum Gasteiger partial charge on any atom is 0.338 e. The lowest BCUT2D eigenvalue weighted by Gasteiger charge is -2.24. The van der Waals surface area contributed by atoms with Crippen molar-refractivity contribution in [1.29, 1.82) is 0 Å². The van der Waals surface area contributed by atoms with Crippen LogP contribution in [0, 0.1) is 10.1 Å². The second kappa shape index (κ2) is 13.5. The fraction of sp³-hybridized carbons (Fsp3) is 0.182. The number of thiazole rings is 1. The number of nitro benzene ring substituents is 1. The van der Waals surface area contributed by atoms with E-state index < -0.39 is 16.9 Å². The van der Waals surface area contributed by atoms with Crippen LogP contribution in [0.4, 0.5) is 5.69 Å². The summed E-state index contributed by atoms with van der Waals surface area (Å²) >= 11 is 8.65. The standard InChI is InChI=1S/C33H27ClN6O5S2/c1-4-38-29(21-12-9-13-23(34)16-21)36-37-33(38)46-25-15-14-24(40(43)44)17-22(25)18-26-30(41)39-28(20-10-7-6-8-11-20)27(31(42)45-5-2)19(3)35-32(39)47-26/h6-18,28H,4-5H2,1-3H3/b26-18+/t28-/m0/s1. The van der Waals surface area contributed by atoms with Crippen molar-refractivity contribution >= 4 is 52.4 Å². The molecule has 11 nitrogen and oxygen atoms in total. The van der Waals surface area contributed by atoms with Gasteiger partial charge in [0.05, 0.1) is 33.4 Å². The highest BCUT2D eigenvalue weighted by Gasteiger charge is 2.33. The summed E-state index contributed by atoms with van der Waals surface area (Å²) < 4.78 is 9.07. The summed E-state index contributed by atoms with van der Waals surface area (Å²) in [5, 5.41) is 21.7. The highest BCUT2D eigenvalue weighted by Crippen LogP contribution is 2.35. The number of halogens is 1. The van der Waals surface area contributed by atoms with Crippen LogP contribution in [-0.2, 0) is 16.1 Å². The average Bonchev–Trinajstić information content (AvgIpc) is 3.60. The first-order chi connectivity index (χ1) is 22.7. The molecule has 6 rings (SSSR count). The second-order valence-electron chi connectivity index (χ2n) is 10.4. The molecule has 5 aromatic rings. The van der Waals surface area contributed by atoms with Crippen LogP contribution in [0.5, 0.6) is 0 Å². The third kappa shape index (κ3) is 6.29. The molecule has 0 amide bonds. The second-order valence-corrected chi connectivity index (χ2v) is 12.8. The number of esters is 1. The summed E-state index contributed by atoms with van der Waals surface area (Å²) in [6.07, 6.45) is 1.62. The Kier molecular flexibility index (Phi) is 9.21. The molecule has 1 aliphatic heterocycles. The summed E-state index contributed by atoms with van der Waals surface area (Å²) in [4.78, 5) is 44.3. The van der Waals surface area contributed by atoms with Crippen LogP contribution < -0.4 is 14.9 Å². The van der Waals surface area contributed by atoms with Gasteiger partial charge in [0.25, 0.3) is 11.2 Å². The zero-order chi connectivity index (χ0) is 33.2. The van der Waals surface area contributed by atoms with E-state index in [4.69, 9.17) is 16.3 Å². The lowest BCUT2D eigenvalue weighted by atomic mass is 9.96. The first-order valence-corrected chi connectivity index (χ1v) is 16.6. The maximum absolute atomic E-state index is 14.1. The molecule has 238 valence electrons. The molecule has 0 saturated carbocycles. The smallest absolute Gasteiger partial charge is 0.338 e. The van der Waals surface area contributed by atoms with Crippen LogP contribution in [0.1, 0.15) is 37.9 Å². The number of carbonyl (C=O) groups excluding carboxylic acids is 1. The minimum atomic E-state index is -0.763. The van der Waals surface area contributed by atoms with E-state index in [-0.39, 0.29) is 23.4 Å². The lowest BCUT2D eigenvalue weighted by Crippen LogP contribution is -2.39. The van der Waals surface area contributed by atoms with Crippen molar-refractivity contribution in [2.75, 3.05) is 6.61 Å². The maximum atomic E-state index is 14.1. The van der Waals surface area contributed by atoms with Gasteiger partial charge < -0.3 is 9.30 Å². The molecule has 1 aliphatic rings. The van der Waals surface area contributed by atoms with Gasteiger partial charge in [-0.05, 0) is 67.9 Å². The third-order valence-electron chi connectivity index (χ3n) is 7.44. The topological polar surface area (TPSA) is 135 Å². The molecule has 0 bridgehead atoms. The van der Waals surface area contributed by atoms with E-state index in [0.29, 0.717) is 48.0 Å². The fourth-order valence-corrected chi connectivity index (χ4v) is 7.53. The number of rotatable bonds is 9. The largest absolute Gasteiger partial charge is 0.463 e. The highest BCUT2D eigenvalue weighted by atomic mass is 35.5. The predicted molar refractivity (Wildman–Crippen MR) is 180 cm³/mol. The van der Waals surface area contributed by atoms with Crippen molar-refractivity contribution in [2.24, 2.45) is 4.99 Å². The molecule has 3 heterocycles. The molecule has 47 heavy (non-hydrogen) atoms. The Morgan fingerprint density at radius 3 is 2.60 bits per heavy atom. The van der Waals surface area contributed by atoms with Gasteiger partial charge in [-0.1, -0.05) is 65.4 Å². The summed E-state index contributed by atoms with van der Waals surface area (Å²) in [5.41, 5.74) is 2.17. The molecule has 2 aromatic heterocycles. The number of hydrogen-bond donors (Lipinski definition) is 0. The summed E-state index contributed by atoms with van der Waals surface area (Å²) in [5.74, 6) is 0.0781. The Hall–Kier alpha value is -4.85. The van der Waals surface area contributed by atoms with Crippen molar-refractivity contribution in [2.45, 2.75) is 43.4 Å². The number of allylic oxidation sites excluding steroid dienone is 1. The molecule has 14 heteroatoms. The number of hydrogen-bond acceptors (Lipinski definition) is 10. The number of aromatic nitrogens is 4. The van der Waals surface area contributed by atoms with Crippen LogP contribution in [0.25, 0.3) is 17.5 Å². The van der Waals surface area contributed by atoms with E-state index in [1.165, 1.54) is 28.5 Å². The first-order valence-electron chi connectivity index (χ1n) is 14.6. The molecule has 0 unspecified atom stereocenters. The number of non-ortho nitro benzene ring substituents is 1. The predicted octanol–water partition coefficient (Wildman–Crippen LogP) is 5.79. The third-order valence-corrected chi connectivity index (χ3v) is 9.73. The number of nitro groups is 1. The monoisotopic (exact) mass is 686 g/mol. The molecule has 0 radical (unpaired) electrons. The molecule has 0 N–H and O–H groups in total.